The van der Waals surface area contributed by atoms with E-state index >= 15 is 0 Å². The van der Waals surface area contributed by atoms with Gasteiger partial charge in [-0.05, 0) is 24.3 Å². The monoisotopic (exact) mass is 272 g/mol. The van der Waals surface area contributed by atoms with Crippen molar-refractivity contribution in [1.29, 1.82) is 0 Å². The van der Waals surface area contributed by atoms with Gasteiger partial charge >= 0.3 is 0 Å². The number of hydrogen-bond donors (Lipinski definition) is 1. The Bertz CT molecular complexity index is 886. The lowest BCUT2D eigenvalue weighted by Crippen LogP contribution is -2.02. The molecule has 3 rings (SSSR count). The number of fused-ring (bicyclic) bond motifs is 2. The SMILES string of the molecule is Nc1ccc2sc3ccc([N+](=O)[O-])cc3c(=O)c2c1. The fraction of sp³-hybridized carbons (Fsp3) is 0. The molecule has 1 heterocycles. The van der Waals surface area contributed by atoms with Gasteiger partial charge < -0.3 is 5.73 Å². The van der Waals surface area contributed by atoms with Gasteiger partial charge in [-0.25, -0.2) is 0 Å². The molecule has 0 radical (unpaired) electrons. The van der Waals surface area contributed by atoms with Crippen LogP contribution in [0.5, 0.6) is 0 Å². The molecule has 94 valence electrons. The van der Waals surface area contributed by atoms with Crippen LogP contribution >= 0.6 is 11.3 Å². The number of nitrogen functional groups attached to an aromatic ring is 1. The predicted molar refractivity (Wildman–Crippen MR) is 76.7 cm³/mol. The maximum atomic E-state index is 12.3. The third-order valence-electron chi connectivity index (χ3n) is 2.89. The molecule has 2 aromatic carbocycles. The van der Waals surface area contributed by atoms with E-state index in [0.717, 1.165) is 9.40 Å². The number of rotatable bonds is 1. The van der Waals surface area contributed by atoms with Crippen LogP contribution in [0.4, 0.5) is 11.4 Å². The highest BCUT2D eigenvalue weighted by molar-refractivity contribution is 7.24. The summed E-state index contributed by atoms with van der Waals surface area (Å²) < 4.78 is 1.55. The van der Waals surface area contributed by atoms with Gasteiger partial charge in [0, 0.05) is 38.0 Å². The molecule has 0 fully saturated rings. The van der Waals surface area contributed by atoms with Gasteiger partial charge in [-0.1, -0.05) is 0 Å². The summed E-state index contributed by atoms with van der Waals surface area (Å²) in [6, 6.07) is 9.45. The molecule has 0 saturated heterocycles. The summed E-state index contributed by atoms with van der Waals surface area (Å²) in [6.07, 6.45) is 0. The van der Waals surface area contributed by atoms with E-state index in [-0.39, 0.29) is 11.1 Å². The Labute approximate surface area is 111 Å². The van der Waals surface area contributed by atoms with E-state index in [1.807, 2.05) is 0 Å². The van der Waals surface area contributed by atoms with Gasteiger partial charge in [-0.3, -0.25) is 14.9 Å². The van der Waals surface area contributed by atoms with Crippen LogP contribution in [0.15, 0.2) is 41.2 Å². The van der Waals surface area contributed by atoms with Crippen LogP contribution in [-0.2, 0) is 0 Å². The van der Waals surface area contributed by atoms with Crippen LogP contribution in [0.1, 0.15) is 0 Å². The van der Waals surface area contributed by atoms with Crippen molar-refractivity contribution in [2.45, 2.75) is 0 Å². The maximum absolute atomic E-state index is 12.3. The molecule has 0 atom stereocenters. The maximum Gasteiger partial charge on any atom is 0.270 e. The molecule has 0 bridgehead atoms. The first-order chi connectivity index (χ1) is 9.06. The number of nitrogens with two attached hydrogens (primary N) is 1. The van der Waals surface area contributed by atoms with Crippen LogP contribution < -0.4 is 11.2 Å². The zero-order valence-corrected chi connectivity index (χ0v) is 10.4. The summed E-state index contributed by atoms with van der Waals surface area (Å²) in [5.41, 5.74) is 5.87. The van der Waals surface area contributed by atoms with Crippen LogP contribution in [-0.4, -0.2) is 4.92 Å². The van der Waals surface area contributed by atoms with E-state index in [1.54, 1.807) is 24.3 Å². The summed E-state index contributed by atoms with van der Waals surface area (Å²) in [5.74, 6) is 0. The Morgan fingerprint density at radius 1 is 1.05 bits per heavy atom. The predicted octanol–water partition coefficient (Wildman–Crippen LogP) is 2.91. The van der Waals surface area contributed by atoms with Crippen LogP contribution in [0.2, 0.25) is 0 Å². The van der Waals surface area contributed by atoms with Gasteiger partial charge in [0.2, 0.25) is 0 Å². The second-order valence-electron chi connectivity index (χ2n) is 4.12. The van der Waals surface area contributed by atoms with Gasteiger partial charge in [0.15, 0.2) is 5.43 Å². The number of hydrogen-bond acceptors (Lipinski definition) is 5. The molecule has 0 aliphatic rings. The number of nitro groups is 1. The highest BCUT2D eigenvalue weighted by Crippen LogP contribution is 2.28. The minimum absolute atomic E-state index is 0.0833. The number of nitro benzene ring substituents is 1. The first kappa shape index (κ1) is 11.6. The van der Waals surface area contributed by atoms with Gasteiger partial charge in [0.1, 0.15) is 0 Å². The second kappa shape index (κ2) is 4.03. The largest absolute Gasteiger partial charge is 0.399 e. The number of non-ortho nitro benzene ring substituents is 1. The van der Waals surface area contributed by atoms with Gasteiger partial charge in [-0.15, -0.1) is 11.3 Å². The van der Waals surface area contributed by atoms with E-state index in [9.17, 15) is 14.9 Å². The molecule has 0 saturated carbocycles. The first-order valence-electron chi connectivity index (χ1n) is 5.47. The molecule has 1 aromatic heterocycles. The van der Waals surface area contributed by atoms with Crippen molar-refractivity contribution in [2.24, 2.45) is 0 Å². The van der Waals surface area contributed by atoms with Gasteiger partial charge in [-0.2, -0.15) is 0 Å². The van der Waals surface area contributed by atoms with E-state index in [0.29, 0.717) is 16.5 Å². The Balaban J connectivity index is 2.48. The minimum Gasteiger partial charge on any atom is -0.399 e. The second-order valence-corrected chi connectivity index (χ2v) is 5.21. The Kier molecular flexibility index (Phi) is 2.46. The lowest BCUT2D eigenvalue weighted by molar-refractivity contribution is -0.384. The third kappa shape index (κ3) is 1.82. The van der Waals surface area contributed by atoms with Gasteiger partial charge in [0.05, 0.1) is 4.92 Å². The van der Waals surface area contributed by atoms with Crippen molar-refractivity contribution >= 4 is 42.9 Å². The molecule has 6 heteroatoms. The first-order valence-corrected chi connectivity index (χ1v) is 6.28. The smallest absolute Gasteiger partial charge is 0.270 e. The molecule has 19 heavy (non-hydrogen) atoms. The normalized spacial score (nSPS) is 10.9. The number of anilines is 1. The summed E-state index contributed by atoms with van der Waals surface area (Å²) in [5, 5.41) is 11.6. The molecule has 0 unspecified atom stereocenters. The summed E-state index contributed by atoms with van der Waals surface area (Å²) in [7, 11) is 0. The Morgan fingerprint density at radius 3 is 2.37 bits per heavy atom. The average molecular weight is 272 g/mol. The topological polar surface area (TPSA) is 86.2 Å². The zero-order chi connectivity index (χ0) is 13.6. The molecule has 0 aliphatic carbocycles. The zero-order valence-electron chi connectivity index (χ0n) is 9.62. The molecular weight excluding hydrogens is 264 g/mol. The highest BCUT2D eigenvalue weighted by Gasteiger charge is 2.11. The Morgan fingerprint density at radius 2 is 1.68 bits per heavy atom. The van der Waals surface area contributed by atoms with Crippen molar-refractivity contribution in [2.75, 3.05) is 5.73 Å². The van der Waals surface area contributed by atoms with Crippen LogP contribution in [0.25, 0.3) is 20.2 Å². The average Bonchev–Trinajstić information content (AvgIpc) is 2.39. The molecule has 5 nitrogen and oxygen atoms in total. The lowest BCUT2D eigenvalue weighted by atomic mass is 10.1. The van der Waals surface area contributed by atoms with Crippen molar-refractivity contribution in [3.05, 3.63) is 56.7 Å². The van der Waals surface area contributed by atoms with Crippen molar-refractivity contribution in [3.8, 4) is 0 Å². The van der Waals surface area contributed by atoms with Crippen LogP contribution in [0.3, 0.4) is 0 Å². The third-order valence-corrected chi connectivity index (χ3v) is 4.04. The fourth-order valence-corrected chi connectivity index (χ4v) is 3.01. The van der Waals surface area contributed by atoms with Gasteiger partial charge in [0.25, 0.3) is 5.69 Å². The quantitative estimate of drug-likeness (QED) is 0.319. The van der Waals surface area contributed by atoms with E-state index < -0.39 is 4.92 Å². The highest BCUT2D eigenvalue weighted by atomic mass is 32.1. The summed E-state index contributed by atoms with van der Waals surface area (Å²) >= 11 is 1.42. The molecule has 0 spiro atoms. The van der Waals surface area contributed by atoms with Crippen molar-refractivity contribution in [3.63, 3.8) is 0 Å². The minimum atomic E-state index is -0.507. The van der Waals surface area contributed by atoms with Crippen molar-refractivity contribution < 1.29 is 4.92 Å². The molecular formula is C13H8N2O3S. The fourth-order valence-electron chi connectivity index (χ4n) is 1.98. The standard InChI is InChI=1S/C13H8N2O3S/c14-7-1-3-11-9(5-7)13(16)10-6-8(15(17)18)2-4-12(10)19-11/h1-6H,14H2. The van der Waals surface area contributed by atoms with Crippen LogP contribution in [0, 0.1) is 10.1 Å². The number of benzene rings is 2. The number of nitrogens with zero attached hydrogens (tertiary/aromatic N) is 1. The van der Waals surface area contributed by atoms with Crippen molar-refractivity contribution in [1.82, 2.24) is 0 Å². The van der Waals surface area contributed by atoms with E-state index in [2.05, 4.69) is 0 Å². The Hall–Kier alpha value is -2.47. The summed E-state index contributed by atoms with van der Waals surface area (Å²) in [4.78, 5) is 22.6. The van der Waals surface area contributed by atoms with E-state index in [1.165, 1.54) is 23.5 Å². The summed E-state index contributed by atoms with van der Waals surface area (Å²) in [6.45, 7) is 0. The lowest BCUT2D eigenvalue weighted by Gasteiger charge is -2.01. The molecule has 0 amide bonds. The van der Waals surface area contributed by atoms with E-state index in [4.69, 9.17) is 5.73 Å². The molecule has 2 N–H and O–H groups in total. The molecule has 3 aromatic rings. The molecule has 0 aliphatic heterocycles.